The maximum Gasteiger partial charge on any atom is 0.325 e. The summed E-state index contributed by atoms with van der Waals surface area (Å²) in [4.78, 5) is 17.9. The maximum absolute atomic E-state index is 13.6. The van der Waals surface area contributed by atoms with Gasteiger partial charge in [0.15, 0.2) is 0 Å². The molecule has 196 valence electrons. The van der Waals surface area contributed by atoms with Crippen molar-refractivity contribution in [2.45, 2.75) is 34.6 Å². The predicted molar refractivity (Wildman–Crippen MR) is 142 cm³/mol. The van der Waals surface area contributed by atoms with Gasteiger partial charge in [0.05, 0.1) is 31.6 Å². The second-order valence-electron chi connectivity index (χ2n) is 9.33. The monoisotopic (exact) mass is 505 g/mol. The van der Waals surface area contributed by atoms with Crippen LogP contribution in [0.1, 0.15) is 40.2 Å². The zero-order valence-electron chi connectivity index (χ0n) is 22.1. The lowest BCUT2D eigenvalue weighted by atomic mass is 9.98. The fraction of sp³-hybridized carbons (Fsp3) is 0.357. The molecule has 0 aliphatic heterocycles. The van der Waals surface area contributed by atoms with E-state index < -0.39 is 18.4 Å². The van der Waals surface area contributed by atoms with E-state index in [9.17, 15) is 15.2 Å². The van der Waals surface area contributed by atoms with Crippen LogP contribution in [0.3, 0.4) is 0 Å². The molecule has 0 saturated heterocycles. The Kier molecular flexibility index (Phi) is 10.3. The van der Waals surface area contributed by atoms with E-state index in [1.807, 2.05) is 20.8 Å². The highest BCUT2D eigenvalue weighted by Gasteiger charge is 2.18. The first-order valence-corrected chi connectivity index (χ1v) is 11.7. The van der Waals surface area contributed by atoms with E-state index in [-0.39, 0.29) is 34.6 Å². The Bertz CT molecular complexity index is 1200. The average molecular weight is 506 g/mol. The molecule has 0 amide bonds. The Morgan fingerprint density at radius 3 is 2.43 bits per heavy atom. The SMILES string of the molecule is CCOC(=O)CN(C([O-])=C(C=Nc1ccc(OC)cc1)C(C)=N)c1ccc(OCC(C)(C)C)c(C#N)c1. The van der Waals surface area contributed by atoms with Crippen LogP contribution in [-0.4, -0.2) is 44.8 Å². The number of ether oxygens (including phenoxy) is 3. The Morgan fingerprint density at radius 1 is 1.22 bits per heavy atom. The van der Waals surface area contributed by atoms with E-state index in [2.05, 4.69) is 11.1 Å². The first-order valence-electron chi connectivity index (χ1n) is 11.7. The number of carbonyl (C=O) groups excluding carboxylic acids is 1. The highest BCUT2D eigenvalue weighted by molar-refractivity contribution is 6.14. The lowest BCUT2D eigenvalue weighted by Gasteiger charge is -2.32. The van der Waals surface area contributed by atoms with Crippen LogP contribution in [0, 0.1) is 22.2 Å². The van der Waals surface area contributed by atoms with E-state index in [1.54, 1.807) is 50.4 Å². The number of allylic oxidation sites excluding steroid dienone is 1. The Balaban J connectivity index is 2.53. The molecule has 0 fully saturated rings. The molecule has 0 saturated carbocycles. The summed E-state index contributed by atoms with van der Waals surface area (Å²) in [5.41, 5.74) is 0.869. The summed E-state index contributed by atoms with van der Waals surface area (Å²) < 4.78 is 16.0. The third-order valence-corrected chi connectivity index (χ3v) is 4.94. The maximum atomic E-state index is 13.6. The Morgan fingerprint density at radius 2 is 1.89 bits per heavy atom. The molecule has 2 aromatic carbocycles. The smallest absolute Gasteiger partial charge is 0.325 e. The molecule has 9 heteroatoms. The molecule has 0 spiro atoms. The topological polar surface area (TPSA) is 131 Å². The van der Waals surface area contributed by atoms with Crippen molar-refractivity contribution in [1.29, 1.82) is 10.7 Å². The summed E-state index contributed by atoms with van der Waals surface area (Å²) in [5, 5.41) is 31.5. The second kappa shape index (κ2) is 13.1. The van der Waals surface area contributed by atoms with Gasteiger partial charge in [0.1, 0.15) is 24.1 Å². The number of methoxy groups -OCH3 is 1. The van der Waals surface area contributed by atoms with Crippen LogP contribution in [0.25, 0.3) is 0 Å². The molecule has 0 unspecified atom stereocenters. The summed E-state index contributed by atoms with van der Waals surface area (Å²) in [6.45, 7) is 9.28. The Hall–Kier alpha value is -4.32. The van der Waals surface area contributed by atoms with E-state index in [1.165, 1.54) is 24.1 Å². The molecular weight excluding hydrogens is 472 g/mol. The van der Waals surface area contributed by atoms with Crippen molar-refractivity contribution in [2.24, 2.45) is 10.4 Å². The van der Waals surface area contributed by atoms with Crippen LogP contribution < -0.4 is 19.5 Å². The molecule has 37 heavy (non-hydrogen) atoms. The van der Waals surface area contributed by atoms with Gasteiger partial charge in [0, 0.05) is 23.2 Å². The van der Waals surface area contributed by atoms with Gasteiger partial charge >= 0.3 is 5.97 Å². The van der Waals surface area contributed by atoms with Crippen molar-refractivity contribution >= 4 is 29.3 Å². The molecular formula is C28H33N4O5-. The molecule has 9 nitrogen and oxygen atoms in total. The number of benzene rings is 2. The predicted octanol–water partition coefficient (Wildman–Crippen LogP) is 4.38. The lowest BCUT2D eigenvalue weighted by Crippen LogP contribution is -2.37. The summed E-state index contributed by atoms with van der Waals surface area (Å²) >= 11 is 0. The zero-order valence-corrected chi connectivity index (χ0v) is 22.1. The van der Waals surface area contributed by atoms with Gasteiger partial charge in [-0.25, -0.2) is 0 Å². The minimum absolute atomic E-state index is 0.0216. The third kappa shape index (κ3) is 8.69. The minimum Gasteiger partial charge on any atom is -0.860 e. The molecule has 2 aromatic rings. The van der Waals surface area contributed by atoms with E-state index in [0.29, 0.717) is 23.8 Å². The number of aliphatic imine (C=N–C) groups is 1. The number of nitriles is 1. The van der Waals surface area contributed by atoms with Gasteiger partial charge in [0.25, 0.3) is 0 Å². The fourth-order valence-corrected chi connectivity index (χ4v) is 3.07. The molecule has 0 atom stereocenters. The van der Waals surface area contributed by atoms with Crippen LogP contribution in [-0.2, 0) is 9.53 Å². The standard InChI is InChI=1S/C28H34N4O5/c1-7-36-26(33)17-32(22-10-13-25(20(14-22)15-29)37-18-28(3,4)5)27(34)24(19(2)30)16-31-21-8-11-23(35-6)12-9-21/h8-14,16,30,34H,7,17-18H2,1-6H3/p-1. The van der Waals surface area contributed by atoms with Crippen molar-refractivity contribution < 1.29 is 24.1 Å². The van der Waals surface area contributed by atoms with Crippen molar-refractivity contribution in [2.75, 3.05) is 31.8 Å². The number of rotatable bonds is 11. The quantitative estimate of drug-likeness (QED) is 0.272. The van der Waals surface area contributed by atoms with Crippen LogP contribution in [0.4, 0.5) is 11.4 Å². The van der Waals surface area contributed by atoms with Gasteiger partial charge in [-0.3, -0.25) is 9.79 Å². The molecule has 0 radical (unpaired) electrons. The third-order valence-electron chi connectivity index (χ3n) is 4.94. The molecule has 0 aromatic heterocycles. The summed E-state index contributed by atoms with van der Waals surface area (Å²) in [7, 11) is 1.56. The van der Waals surface area contributed by atoms with E-state index in [4.69, 9.17) is 19.6 Å². The number of nitrogens with zero attached hydrogens (tertiary/aromatic N) is 3. The highest BCUT2D eigenvalue weighted by atomic mass is 16.5. The molecule has 0 heterocycles. The van der Waals surface area contributed by atoms with Crippen molar-refractivity contribution in [1.82, 2.24) is 0 Å². The summed E-state index contributed by atoms with van der Waals surface area (Å²) in [6, 6.07) is 13.6. The van der Waals surface area contributed by atoms with Crippen molar-refractivity contribution in [3.8, 4) is 17.6 Å². The van der Waals surface area contributed by atoms with Gasteiger partial charge in [-0.15, -0.1) is 0 Å². The summed E-state index contributed by atoms with van der Waals surface area (Å²) in [6.07, 6.45) is 1.29. The highest BCUT2D eigenvalue weighted by Crippen LogP contribution is 2.28. The summed E-state index contributed by atoms with van der Waals surface area (Å²) in [5.74, 6) is -0.230. The van der Waals surface area contributed by atoms with E-state index in [0.717, 1.165) is 0 Å². The Labute approximate surface area is 218 Å². The number of hydrogen-bond acceptors (Lipinski definition) is 9. The van der Waals surface area contributed by atoms with Gasteiger partial charge in [-0.2, -0.15) is 5.26 Å². The average Bonchev–Trinajstić information content (AvgIpc) is 2.85. The second-order valence-corrected chi connectivity index (χ2v) is 9.33. The van der Waals surface area contributed by atoms with Gasteiger partial charge in [-0.05, 0) is 67.6 Å². The molecule has 1 N–H and O–H groups in total. The normalized spacial score (nSPS) is 11.9. The zero-order chi connectivity index (χ0) is 27.6. The molecule has 0 aliphatic rings. The first-order chi connectivity index (χ1) is 17.5. The van der Waals surface area contributed by atoms with Crippen LogP contribution in [0.15, 0.2) is 58.9 Å². The molecule has 0 aliphatic carbocycles. The minimum atomic E-state index is -0.634. The van der Waals surface area contributed by atoms with Crippen molar-refractivity contribution in [3.05, 3.63) is 59.5 Å². The molecule has 2 rings (SSSR count). The van der Waals surface area contributed by atoms with Crippen LogP contribution in [0.2, 0.25) is 0 Å². The number of anilines is 1. The van der Waals surface area contributed by atoms with Crippen LogP contribution >= 0.6 is 0 Å². The van der Waals surface area contributed by atoms with Crippen LogP contribution in [0.5, 0.6) is 11.5 Å². The largest absolute Gasteiger partial charge is 0.860 e. The first kappa shape index (κ1) is 28.9. The lowest BCUT2D eigenvalue weighted by molar-refractivity contribution is -0.305. The number of nitrogens with one attached hydrogen (secondary N) is 1. The number of hydrogen-bond donors (Lipinski definition) is 1. The van der Waals surface area contributed by atoms with E-state index >= 15 is 0 Å². The van der Waals surface area contributed by atoms with Gasteiger partial charge in [0.2, 0.25) is 0 Å². The van der Waals surface area contributed by atoms with Gasteiger partial charge in [-0.1, -0.05) is 20.8 Å². The number of esters is 1. The fourth-order valence-electron chi connectivity index (χ4n) is 3.07. The number of carbonyl (C=O) groups is 1. The molecule has 0 bridgehead atoms. The van der Waals surface area contributed by atoms with Gasteiger partial charge < -0.3 is 29.6 Å². The van der Waals surface area contributed by atoms with Crippen molar-refractivity contribution in [3.63, 3.8) is 0 Å².